The molecule has 0 aromatic rings. The number of hydrogen-bond acceptors (Lipinski definition) is 2. The Kier molecular flexibility index (Phi) is 6.67. The molecule has 0 aromatic heterocycles. The van der Waals surface area contributed by atoms with Crippen LogP contribution in [0.1, 0.15) is 27.2 Å². The first kappa shape index (κ1) is 11.4. The van der Waals surface area contributed by atoms with Gasteiger partial charge in [-0.1, -0.05) is 26.8 Å². The van der Waals surface area contributed by atoms with Crippen molar-refractivity contribution in [1.29, 1.82) is 0 Å². The zero-order valence-corrected chi connectivity index (χ0v) is 8.26. The maximum absolute atomic E-state index is 11.1. The van der Waals surface area contributed by atoms with Crippen LogP contribution in [0.15, 0.2) is 12.2 Å². The highest BCUT2D eigenvalue weighted by atomic mass is 16.1. The van der Waals surface area contributed by atoms with Crippen LogP contribution in [0.4, 0.5) is 0 Å². The average molecular weight is 169 g/mol. The Balaban J connectivity index is 3.42. The minimum atomic E-state index is 0.118. The highest BCUT2D eigenvalue weighted by Gasteiger charge is 2.00. The summed E-state index contributed by atoms with van der Waals surface area (Å²) in [5.74, 6) is 0.320. The largest absolute Gasteiger partial charge is 0.313 e. The van der Waals surface area contributed by atoms with Crippen molar-refractivity contribution in [3.8, 4) is 0 Å². The van der Waals surface area contributed by atoms with Gasteiger partial charge in [0.25, 0.3) is 0 Å². The highest BCUT2D eigenvalue weighted by molar-refractivity contribution is 5.91. The average Bonchev–Trinajstić information content (AvgIpc) is 2.03. The number of carbonyl (C=O) groups is 1. The molecule has 0 heterocycles. The van der Waals surface area contributed by atoms with Crippen LogP contribution in [0.3, 0.4) is 0 Å². The van der Waals surface area contributed by atoms with Crippen LogP contribution >= 0.6 is 0 Å². The molecule has 0 aromatic carbocycles. The van der Waals surface area contributed by atoms with Crippen molar-refractivity contribution < 1.29 is 4.79 Å². The number of allylic oxidation sites excluding steroid dienone is 1. The molecule has 0 bridgehead atoms. The molecule has 0 amide bonds. The van der Waals surface area contributed by atoms with E-state index in [1.165, 1.54) is 0 Å². The van der Waals surface area contributed by atoms with Gasteiger partial charge in [-0.25, -0.2) is 0 Å². The van der Waals surface area contributed by atoms with Crippen LogP contribution in [0, 0.1) is 5.92 Å². The lowest BCUT2D eigenvalue weighted by Gasteiger charge is -1.98. The van der Waals surface area contributed by atoms with E-state index in [-0.39, 0.29) is 11.7 Å². The molecule has 0 atom stereocenters. The molecule has 0 radical (unpaired) electrons. The first-order valence-corrected chi connectivity index (χ1v) is 4.59. The number of rotatable bonds is 6. The van der Waals surface area contributed by atoms with E-state index in [0.29, 0.717) is 0 Å². The molecule has 0 unspecified atom stereocenters. The standard InChI is InChI=1S/C10H19NO/c1-4-7-11-8-5-6-10(12)9(2)3/h5-6,9,11H,4,7-8H2,1-3H3/b6-5+. The van der Waals surface area contributed by atoms with Crippen LogP contribution < -0.4 is 5.32 Å². The molecule has 12 heavy (non-hydrogen) atoms. The summed E-state index contributed by atoms with van der Waals surface area (Å²) < 4.78 is 0. The summed E-state index contributed by atoms with van der Waals surface area (Å²) in [6.45, 7) is 7.75. The third-order valence-electron chi connectivity index (χ3n) is 1.54. The Bertz CT molecular complexity index is 150. The van der Waals surface area contributed by atoms with E-state index in [1.54, 1.807) is 6.08 Å². The molecule has 0 spiro atoms. The van der Waals surface area contributed by atoms with Gasteiger partial charge >= 0.3 is 0 Å². The number of ketones is 1. The third-order valence-corrected chi connectivity index (χ3v) is 1.54. The van der Waals surface area contributed by atoms with Gasteiger partial charge in [-0.3, -0.25) is 4.79 Å². The van der Waals surface area contributed by atoms with Crippen LogP contribution in [0.2, 0.25) is 0 Å². The van der Waals surface area contributed by atoms with E-state index in [0.717, 1.165) is 19.5 Å². The van der Waals surface area contributed by atoms with Crippen LogP contribution in [0.25, 0.3) is 0 Å². The molecule has 0 aliphatic heterocycles. The van der Waals surface area contributed by atoms with Gasteiger partial charge < -0.3 is 5.32 Å². The Morgan fingerprint density at radius 1 is 1.50 bits per heavy atom. The fourth-order valence-electron chi connectivity index (χ4n) is 0.730. The lowest BCUT2D eigenvalue weighted by atomic mass is 10.1. The van der Waals surface area contributed by atoms with E-state index in [4.69, 9.17) is 0 Å². The van der Waals surface area contributed by atoms with Crippen LogP contribution in [-0.2, 0) is 4.79 Å². The summed E-state index contributed by atoms with van der Waals surface area (Å²) in [7, 11) is 0. The molecule has 0 aliphatic carbocycles. The van der Waals surface area contributed by atoms with Crippen LogP contribution in [0.5, 0.6) is 0 Å². The molecule has 1 N–H and O–H groups in total. The van der Waals surface area contributed by atoms with Crippen molar-refractivity contribution in [2.24, 2.45) is 5.92 Å². The maximum atomic E-state index is 11.1. The van der Waals surface area contributed by atoms with Gasteiger partial charge in [-0.05, 0) is 19.0 Å². The summed E-state index contributed by atoms with van der Waals surface area (Å²) in [6.07, 6.45) is 4.68. The summed E-state index contributed by atoms with van der Waals surface area (Å²) >= 11 is 0. The lowest BCUT2D eigenvalue weighted by Crippen LogP contribution is -2.14. The van der Waals surface area contributed by atoms with Crippen molar-refractivity contribution in [3.05, 3.63) is 12.2 Å². The van der Waals surface area contributed by atoms with Gasteiger partial charge in [0.2, 0.25) is 0 Å². The van der Waals surface area contributed by atoms with E-state index in [1.807, 2.05) is 19.9 Å². The zero-order chi connectivity index (χ0) is 9.40. The molecule has 0 saturated heterocycles. The summed E-state index contributed by atoms with van der Waals surface area (Å²) in [5, 5.41) is 3.19. The molecule has 0 aliphatic rings. The van der Waals surface area contributed by atoms with E-state index in [9.17, 15) is 4.79 Å². The maximum Gasteiger partial charge on any atom is 0.157 e. The van der Waals surface area contributed by atoms with Crippen LogP contribution in [-0.4, -0.2) is 18.9 Å². The summed E-state index contributed by atoms with van der Waals surface area (Å²) in [5.41, 5.74) is 0. The number of hydrogen-bond donors (Lipinski definition) is 1. The highest BCUT2D eigenvalue weighted by Crippen LogP contribution is 1.94. The molecule has 2 heteroatoms. The quantitative estimate of drug-likeness (QED) is 0.485. The monoisotopic (exact) mass is 169 g/mol. The second-order valence-corrected chi connectivity index (χ2v) is 3.16. The van der Waals surface area contributed by atoms with Crippen molar-refractivity contribution in [3.63, 3.8) is 0 Å². The number of nitrogens with one attached hydrogen (secondary N) is 1. The third kappa shape index (κ3) is 6.10. The first-order valence-electron chi connectivity index (χ1n) is 4.59. The minimum Gasteiger partial charge on any atom is -0.313 e. The van der Waals surface area contributed by atoms with E-state index in [2.05, 4.69) is 12.2 Å². The number of carbonyl (C=O) groups excluding carboxylic acids is 1. The summed E-state index contributed by atoms with van der Waals surface area (Å²) in [4.78, 5) is 11.1. The SMILES string of the molecule is CCCNC/C=C/C(=O)C(C)C. The molecular formula is C10H19NO. The molecular weight excluding hydrogens is 150 g/mol. The predicted octanol–water partition coefficient (Wildman–Crippen LogP) is 1.77. The normalized spacial score (nSPS) is 11.3. The van der Waals surface area contributed by atoms with E-state index < -0.39 is 0 Å². The second-order valence-electron chi connectivity index (χ2n) is 3.16. The molecule has 2 nitrogen and oxygen atoms in total. The lowest BCUT2D eigenvalue weighted by molar-refractivity contribution is -0.117. The Morgan fingerprint density at radius 2 is 2.17 bits per heavy atom. The van der Waals surface area contributed by atoms with Gasteiger partial charge in [0, 0.05) is 12.5 Å². The molecule has 0 saturated carbocycles. The fraction of sp³-hybridized carbons (Fsp3) is 0.700. The van der Waals surface area contributed by atoms with E-state index >= 15 is 0 Å². The predicted molar refractivity (Wildman–Crippen MR) is 52.1 cm³/mol. The van der Waals surface area contributed by atoms with Crippen molar-refractivity contribution in [2.75, 3.05) is 13.1 Å². The Morgan fingerprint density at radius 3 is 2.67 bits per heavy atom. The zero-order valence-electron chi connectivity index (χ0n) is 8.26. The van der Waals surface area contributed by atoms with Gasteiger partial charge in [-0.15, -0.1) is 0 Å². The smallest absolute Gasteiger partial charge is 0.157 e. The summed E-state index contributed by atoms with van der Waals surface area (Å²) in [6, 6.07) is 0. The van der Waals surface area contributed by atoms with Crippen molar-refractivity contribution in [1.82, 2.24) is 5.32 Å². The first-order chi connectivity index (χ1) is 5.68. The van der Waals surface area contributed by atoms with Gasteiger partial charge in [0.1, 0.15) is 0 Å². The molecule has 0 rings (SSSR count). The molecule has 70 valence electrons. The van der Waals surface area contributed by atoms with Gasteiger partial charge in [-0.2, -0.15) is 0 Å². The fourth-order valence-corrected chi connectivity index (χ4v) is 0.730. The Labute approximate surface area is 75.0 Å². The van der Waals surface area contributed by atoms with Gasteiger partial charge in [0.05, 0.1) is 0 Å². The van der Waals surface area contributed by atoms with Gasteiger partial charge in [0.15, 0.2) is 5.78 Å². The van der Waals surface area contributed by atoms with Crippen molar-refractivity contribution >= 4 is 5.78 Å². The second kappa shape index (κ2) is 7.04. The minimum absolute atomic E-state index is 0.118. The Hall–Kier alpha value is -0.630. The topological polar surface area (TPSA) is 29.1 Å². The molecule has 0 fully saturated rings. The van der Waals surface area contributed by atoms with Crippen molar-refractivity contribution in [2.45, 2.75) is 27.2 Å².